The highest BCUT2D eigenvalue weighted by atomic mass is 16.2. The van der Waals surface area contributed by atoms with E-state index in [9.17, 15) is 9.59 Å². The minimum Gasteiger partial charge on any atom is -0.322 e. The SMILES string of the molecule is CC(=O)N(Cc1cc2ccccc2[nH]c1=O)c1ccccc1C. The Balaban J connectivity index is 2.04. The molecule has 3 aromatic rings. The van der Waals surface area contributed by atoms with Crippen molar-refractivity contribution in [2.75, 3.05) is 4.90 Å². The Kier molecular flexibility index (Phi) is 3.98. The molecule has 0 radical (unpaired) electrons. The molecule has 116 valence electrons. The Morgan fingerprint density at radius 3 is 2.52 bits per heavy atom. The third kappa shape index (κ3) is 3.01. The zero-order valence-electron chi connectivity index (χ0n) is 13.2. The zero-order valence-corrected chi connectivity index (χ0v) is 13.2. The molecule has 0 fully saturated rings. The van der Waals surface area contributed by atoms with Crippen LogP contribution < -0.4 is 10.5 Å². The average Bonchev–Trinajstić information content (AvgIpc) is 2.53. The monoisotopic (exact) mass is 306 g/mol. The first-order valence-corrected chi connectivity index (χ1v) is 7.51. The van der Waals surface area contributed by atoms with Gasteiger partial charge in [-0.05, 0) is 36.1 Å². The fraction of sp³-hybridized carbons (Fsp3) is 0.158. The smallest absolute Gasteiger partial charge is 0.253 e. The Bertz CT molecular complexity index is 928. The number of nitrogens with one attached hydrogen (secondary N) is 1. The number of pyridine rings is 1. The maximum atomic E-state index is 12.3. The molecule has 0 unspecified atom stereocenters. The maximum Gasteiger partial charge on any atom is 0.253 e. The Labute approximate surface area is 134 Å². The highest BCUT2D eigenvalue weighted by Gasteiger charge is 2.16. The van der Waals surface area contributed by atoms with Crippen LogP contribution in [0.4, 0.5) is 5.69 Å². The Morgan fingerprint density at radius 1 is 1.09 bits per heavy atom. The van der Waals surface area contributed by atoms with Gasteiger partial charge in [0.2, 0.25) is 5.91 Å². The van der Waals surface area contributed by atoms with E-state index in [0.29, 0.717) is 5.56 Å². The molecule has 1 heterocycles. The topological polar surface area (TPSA) is 53.2 Å². The molecule has 4 nitrogen and oxygen atoms in total. The molecule has 23 heavy (non-hydrogen) atoms. The zero-order chi connectivity index (χ0) is 16.4. The van der Waals surface area contributed by atoms with E-state index in [0.717, 1.165) is 22.2 Å². The van der Waals surface area contributed by atoms with Crippen molar-refractivity contribution >= 4 is 22.5 Å². The number of amides is 1. The summed E-state index contributed by atoms with van der Waals surface area (Å²) >= 11 is 0. The van der Waals surface area contributed by atoms with Crippen molar-refractivity contribution in [2.45, 2.75) is 20.4 Å². The second-order valence-electron chi connectivity index (χ2n) is 5.60. The number of carbonyl (C=O) groups excluding carboxylic acids is 1. The third-order valence-corrected chi connectivity index (χ3v) is 3.95. The first kappa shape index (κ1) is 15.0. The lowest BCUT2D eigenvalue weighted by Crippen LogP contribution is -2.31. The number of H-pyrrole nitrogens is 1. The molecule has 0 saturated heterocycles. The summed E-state index contributed by atoms with van der Waals surface area (Å²) in [6.07, 6.45) is 0. The number of aromatic amines is 1. The van der Waals surface area contributed by atoms with Crippen LogP contribution in [0.2, 0.25) is 0 Å². The number of carbonyl (C=O) groups is 1. The lowest BCUT2D eigenvalue weighted by molar-refractivity contribution is -0.116. The van der Waals surface area contributed by atoms with Gasteiger partial charge in [0.25, 0.3) is 5.56 Å². The van der Waals surface area contributed by atoms with Gasteiger partial charge in [0, 0.05) is 23.7 Å². The summed E-state index contributed by atoms with van der Waals surface area (Å²) in [5.74, 6) is -0.0909. The van der Waals surface area contributed by atoms with Gasteiger partial charge in [0.15, 0.2) is 0 Å². The molecule has 0 aliphatic carbocycles. The van der Waals surface area contributed by atoms with Crippen LogP contribution in [-0.2, 0) is 11.3 Å². The van der Waals surface area contributed by atoms with Crippen LogP contribution in [0.3, 0.4) is 0 Å². The van der Waals surface area contributed by atoms with Crippen LogP contribution in [0.1, 0.15) is 18.1 Å². The van der Waals surface area contributed by atoms with E-state index in [2.05, 4.69) is 4.98 Å². The number of nitrogens with zero attached hydrogens (tertiary/aromatic N) is 1. The number of aryl methyl sites for hydroxylation is 1. The third-order valence-electron chi connectivity index (χ3n) is 3.95. The lowest BCUT2D eigenvalue weighted by Gasteiger charge is -2.23. The molecule has 0 saturated carbocycles. The molecule has 4 heteroatoms. The molecule has 1 amide bonds. The van der Waals surface area contributed by atoms with Crippen molar-refractivity contribution in [3.63, 3.8) is 0 Å². The lowest BCUT2D eigenvalue weighted by atomic mass is 10.1. The van der Waals surface area contributed by atoms with Gasteiger partial charge in [-0.2, -0.15) is 0 Å². The van der Waals surface area contributed by atoms with Crippen molar-refractivity contribution < 1.29 is 4.79 Å². The molecular weight excluding hydrogens is 288 g/mol. The predicted octanol–water partition coefficient (Wildman–Crippen LogP) is 3.39. The van der Waals surface area contributed by atoms with Crippen molar-refractivity contribution in [2.24, 2.45) is 0 Å². The second kappa shape index (κ2) is 6.08. The first-order valence-electron chi connectivity index (χ1n) is 7.51. The summed E-state index contributed by atoms with van der Waals surface area (Å²) in [7, 11) is 0. The molecule has 1 N–H and O–H groups in total. The van der Waals surface area contributed by atoms with E-state index in [1.54, 1.807) is 4.90 Å². The molecule has 0 aliphatic rings. The summed E-state index contributed by atoms with van der Waals surface area (Å²) in [5, 5.41) is 0.954. The molecule has 2 aromatic carbocycles. The molecule has 0 bridgehead atoms. The minimum atomic E-state index is -0.163. The van der Waals surface area contributed by atoms with Crippen LogP contribution in [0.5, 0.6) is 0 Å². The van der Waals surface area contributed by atoms with Crippen LogP contribution in [0.25, 0.3) is 10.9 Å². The van der Waals surface area contributed by atoms with Crippen LogP contribution in [-0.4, -0.2) is 10.9 Å². The summed E-state index contributed by atoms with van der Waals surface area (Å²) in [5.41, 5.74) is 3.03. The van der Waals surface area contributed by atoms with E-state index >= 15 is 0 Å². The number of para-hydroxylation sites is 2. The quantitative estimate of drug-likeness (QED) is 0.806. The van der Waals surface area contributed by atoms with Crippen molar-refractivity contribution in [3.05, 3.63) is 76.1 Å². The maximum absolute atomic E-state index is 12.3. The van der Waals surface area contributed by atoms with Crippen molar-refractivity contribution in [1.82, 2.24) is 4.98 Å². The van der Waals surface area contributed by atoms with E-state index < -0.39 is 0 Å². The standard InChI is InChI=1S/C19H18N2O2/c1-13-7-3-6-10-18(13)21(14(2)22)12-16-11-15-8-4-5-9-17(15)20-19(16)23/h3-11H,12H2,1-2H3,(H,20,23). The molecular formula is C19H18N2O2. The normalized spacial score (nSPS) is 10.7. The number of hydrogen-bond acceptors (Lipinski definition) is 2. The molecule has 0 spiro atoms. The first-order chi connectivity index (χ1) is 11.1. The number of rotatable bonds is 3. The van der Waals surface area contributed by atoms with Crippen LogP contribution >= 0.6 is 0 Å². The Hall–Kier alpha value is -2.88. The van der Waals surface area contributed by atoms with E-state index in [-0.39, 0.29) is 18.0 Å². The number of aromatic nitrogens is 1. The van der Waals surface area contributed by atoms with Gasteiger partial charge in [-0.3, -0.25) is 9.59 Å². The number of fused-ring (bicyclic) bond motifs is 1. The summed E-state index contributed by atoms with van der Waals surface area (Å²) in [6, 6.07) is 17.1. The van der Waals surface area contributed by atoms with Gasteiger partial charge < -0.3 is 9.88 Å². The summed E-state index contributed by atoms with van der Waals surface area (Å²) in [6.45, 7) is 3.72. The Morgan fingerprint density at radius 2 is 1.78 bits per heavy atom. The summed E-state index contributed by atoms with van der Waals surface area (Å²) < 4.78 is 0. The predicted molar refractivity (Wildman–Crippen MR) is 92.6 cm³/mol. The van der Waals surface area contributed by atoms with Gasteiger partial charge in [-0.1, -0.05) is 36.4 Å². The molecule has 0 atom stereocenters. The highest BCUT2D eigenvalue weighted by molar-refractivity contribution is 5.92. The second-order valence-corrected chi connectivity index (χ2v) is 5.60. The van der Waals surface area contributed by atoms with Crippen molar-refractivity contribution in [3.8, 4) is 0 Å². The number of hydrogen-bond donors (Lipinski definition) is 1. The minimum absolute atomic E-state index is 0.0909. The van der Waals surface area contributed by atoms with Gasteiger partial charge in [-0.25, -0.2) is 0 Å². The van der Waals surface area contributed by atoms with E-state index in [1.165, 1.54) is 6.92 Å². The molecule has 0 aliphatic heterocycles. The van der Waals surface area contributed by atoms with Crippen LogP contribution in [0.15, 0.2) is 59.4 Å². The van der Waals surface area contributed by atoms with Crippen molar-refractivity contribution in [1.29, 1.82) is 0 Å². The van der Waals surface area contributed by atoms with Gasteiger partial charge in [-0.15, -0.1) is 0 Å². The van der Waals surface area contributed by atoms with Gasteiger partial charge in [0.05, 0.1) is 6.54 Å². The van der Waals surface area contributed by atoms with Gasteiger partial charge in [0.1, 0.15) is 0 Å². The average molecular weight is 306 g/mol. The van der Waals surface area contributed by atoms with Crippen LogP contribution in [0, 0.1) is 6.92 Å². The van der Waals surface area contributed by atoms with E-state index in [4.69, 9.17) is 0 Å². The van der Waals surface area contributed by atoms with Gasteiger partial charge >= 0.3 is 0 Å². The number of anilines is 1. The fourth-order valence-electron chi connectivity index (χ4n) is 2.71. The molecule has 1 aromatic heterocycles. The van der Waals surface area contributed by atoms with E-state index in [1.807, 2.05) is 61.5 Å². The fourth-order valence-corrected chi connectivity index (χ4v) is 2.71. The number of benzene rings is 2. The highest BCUT2D eigenvalue weighted by Crippen LogP contribution is 2.22. The largest absolute Gasteiger partial charge is 0.322 e. The summed E-state index contributed by atoms with van der Waals surface area (Å²) in [4.78, 5) is 28.9. The molecule has 3 rings (SSSR count).